The lowest BCUT2D eigenvalue weighted by atomic mass is 9.94. The van der Waals surface area contributed by atoms with E-state index in [0.717, 1.165) is 6.42 Å². The van der Waals surface area contributed by atoms with E-state index in [-0.39, 0.29) is 0 Å². The lowest BCUT2D eigenvalue weighted by Gasteiger charge is -2.09. The maximum atomic E-state index is 2.53. The standard InChI is InChI=1S/C49H31N/c1-3-11-31(12-4-1)33-16-9-18-35(23-33)37-21-22-47-43(26-37)45-27-39(36-19-10-17-34(24-36)32-13-5-2-6-14-32)28-46-44-30-42-40(29-48(44)50(47)49(45)46)25-38-15-7-8-20-41(38)42/h1-24,26-30H,25H2. The number of hydrogen-bond donors (Lipinski definition) is 0. The smallest absolute Gasteiger partial charge is 0.0620 e. The van der Waals surface area contributed by atoms with Crippen LogP contribution in [0.25, 0.3) is 93.7 Å². The lowest BCUT2D eigenvalue weighted by molar-refractivity contribution is 1.26. The fourth-order valence-corrected chi connectivity index (χ4v) is 8.54. The zero-order chi connectivity index (χ0) is 32.8. The summed E-state index contributed by atoms with van der Waals surface area (Å²) >= 11 is 0. The van der Waals surface area contributed by atoms with Gasteiger partial charge in [-0.25, -0.2) is 0 Å². The Bertz CT molecular complexity index is 2930. The molecule has 11 rings (SSSR count). The monoisotopic (exact) mass is 633 g/mol. The van der Waals surface area contributed by atoms with Crippen LogP contribution in [0.4, 0.5) is 0 Å². The molecule has 0 N–H and O–H groups in total. The highest BCUT2D eigenvalue weighted by atomic mass is 14.9. The van der Waals surface area contributed by atoms with Crippen LogP contribution in [-0.4, -0.2) is 4.40 Å². The van der Waals surface area contributed by atoms with Gasteiger partial charge >= 0.3 is 0 Å². The molecule has 1 aliphatic rings. The second kappa shape index (κ2) is 10.5. The van der Waals surface area contributed by atoms with Crippen LogP contribution in [0.2, 0.25) is 0 Å². The lowest BCUT2D eigenvalue weighted by Crippen LogP contribution is -1.86. The van der Waals surface area contributed by atoms with E-state index in [1.165, 1.54) is 105 Å². The van der Waals surface area contributed by atoms with E-state index >= 15 is 0 Å². The number of nitrogens with zero attached hydrogens (tertiary/aromatic N) is 1. The van der Waals surface area contributed by atoms with E-state index in [9.17, 15) is 0 Å². The van der Waals surface area contributed by atoms with Gasteiger partial charge in [0.1, 0.15) is 0 Å². The first-order valence-electron chi connectivity index (χ1n) is 17.5. The normalized spacial score (nSPS) is 12.3. The quantitative estimate of drug-likeness (QED) is 0.182. The van der Waals surface area contributed by atoms with Crippen molar-refractivity contribution in [3.63, 3.8) is 0 Å². The Morgan fingerprint density at radius 3 is 1.50 bits per heavy atom. The predicted molar refractivity (Wildman–Crippen MR) is 211 cm³/mol. The molecule has 0 bridgehead atoms. The highest BCUT2D eigenvalue weighted by Crippen LogP contribution is 2.46. The highest BCUT2D eigenvalue weighted by molar-refractivity contribution is 6.25. The molecule has 0 saturated carbocycles. The van der Waals surface area contributed by atoms with Crippen LogP contribution in [0, 0.1) is 0 Å². The molecule has 8 aromatic carbocycles. The first-order chi connectivity index (χ1) is 24.8. The average Bonchev–Trinajstić information content (AvgIpc) is 3.83. The largest absolute Gasteiger partial charge is 0.308 e. The third kappa shape index (κ3) is 4.07. The molecule has 1 heteroatoms. The van der Waals surface area contributed by atoms with Crippen LogP contribution >= 0.6 is 0 Å². The van der Waals surface area contributed by atoms with Crippen molar-refractivity contribution in [3.05, 3.63) is 187 Å². The summed E-state index contributed by atoms with van der Waals surface area (Å²) in [5.74, 6) is 0. The molecule has 232 valence electrons. The van der Waals surface area contributed by atoms with E-state index in [0.29, 0.717) is 0 Å². The van der Waals surface area contributed by atoms with Crippen LogP contribution in [0.1, 0.15) is 11.1 Å². The Balaban J connectivity index is 1.18. The molecule has 0 amide bonds. The van der Waals surface area contributed by atoms with Crippen LogP contribution in [-0.2, 0) is 6.42 Å². The average molecular weight is 634 g/mol. The number of aromatic nitrogens is 1. The van der Waals surface area contributed by atoms with Gasteiger partial charge in [-0.15, -0.1) is 0 Å². The molecule has 0 radical (unpaired) electrons. The van der Waals surface area contributed by atoms with Crippen molar-refractivity contribution in [2.45, 2.75) is 6.42 Å². The van der Waals surface area contributed by atoms with E-state index in [1.807, 2.05) is 0 Å². The molecule has 0 atom stereocenters. The Labute approximate surface area is 290 Å². The van der Waals surface area contributed by atoms with Crippen LogP contribution in [0.15, 0.2) is 176 Å². The molecule has 1 aliphatic carbocycles. The Hall–Kier alpha value is -6.44. The van der Waals surface area contributed by atoms with Crippen molar-refractivity contribution >= 4 is 38.1 Å². The Kier molecular flexibility index (Phi) is 5.79. The molecule has 2 heterocycles. The van der Waals surface area contributed by atoms with Crippen molar-refractivity contribution in [1.82, 2.24) is 4.40 Å². The third-order valence-electron chi connectivity index (χ3n) is 10.9. The van der Waals surface area contributed by atoms with Crippen molar-refractivity contribution in [2.24, 2.45) is 0 Å². The van der Waals surface area contributed by atoms with Crippen molar-refractivity contribution in [2.75, 3.05) is 0 Å². The molecule has 0 fully saturated rings. The summed E-state index contributed by atoms with van der Waals surface area (Å²) in [6.45, 7) is 0. The van der Waals surface area contributed by atoms with Gasteiger partial charge in [0.05, 0.1) is 16.6 Å². The third-order valence-corrected chi connectivity index (χ3v) is 10.9. The molecule has 0 aliphatic heterocycles. The first kappa shape index (κ1) is 27.5. The molecule has 0 spiro atoms. The minimum absolute atomic E-state index is 0.983. The number of hydrogen-bond acceptors (Lipinski definition) is 0. The van der Waals surface area contributed by atoms with Crippen molar-refractivity contribution in [1.29, 1.82) is 0 Å². The fraction of sp³-hybridized carbons (Fsp3) is 0.0204. The number of benzene rings is 8. The second-order valence-electron chi connectivity index (χ2n) is 13.7. The second-order valence-corrected chi connectivity index (χ2v) is 13.7. The van der Waals surface area contributed by atoms with E-state index in [1.54, 1.807) is 0 Å². The molecule has 1 nitrogen and oxygen atoms in total. The SMILES string of the molecule is c1ccc(-c2cccc(-c3ccc4c(c3)c3cc(-c5cccc(-c6ccccc6)c5)cc5c6cc7c(cc6n4c35)Cc3ccccc3-7)c2)cc1. The molecule has 10 aromatic rings. The van der Waals surface area contributed by atoms with Crippen LogP contribution in [0.3, 0.4) is 0 Å². The van der Waals surface area contributed by atoms with Gasteiger partial charge < -0.3 is 4.40 Å². The summed E-state index contributed by atoms with van der Waals surface area (Å²) in [5, 5.41) is 5.23. The van der Waals surface area contributed by atoms with Gasteiger partial charge in [0.2, 0.25) is 0 Å². The summed E-state index contributed by atoms with van der Waals surface area (Å²) in [7, 11) is 0. The summed E-state index contributed by atoms with van der Waals surface area (Å²) < 4.78 is 2.53. The molecule has 0 saturated heterocycles. The summed E-state index contributed by atoms with van der Waals surface area (Å²) in [6, 6.07) is 65.1. The minimum Gasteiger partial charge on any atom is -0.308 e. The van der Waals surface area contributed by atoms with Gasteiger partial charge in [0.25, 0.3) is 0 Å². The zero-order valence-electron chi connectivity index (χ0n) is 27.4. The van der Waals surface area contributed by atoms with Gasteiger partial charge in [-0.1, -0.05) is 127 Å². The van der Waals surface area contributed by atoms with Gasteiger partial charge in [-0.05, 0) is 122 Å². The van der Waals surface area contributed by atoms with Crippen LogP contribution < -0.4 is 0 Å². The Morgan fingerprint density at radius 1 is 0.300 bits per heavy atom. The minimum atomic E-state index is 0.983. The molecule has 0 unspecified atom stereocenters. The maximum Gasteiger partial charge on any atom is 0.0620 e. The van der Waals surface area contributed by atoms with Crippen molar-refractivity contribution in [3.8, 4) is 55.6 Å². The highest BCUT2D eigenvalue weighted by Gasteiger charge is 2.24. The van der Waals surface area contributed by atoms with Gasteiger partial charge in [0, 0.05) is 21.5 Å². The maximum absolute atomic E-state index is 2.53. The molecular weight excluding hydrogens is 603 g/mol. The molecular formula is C49H31N. The summed E-state index contributed by atoms with van der Waals surface area (Å²) in [5.41, 5.74) is 19.3. The predicted octanol–water partition coefficient (Wildman–Crippen LogP) is 13.1. The number of rotatable bonds is 4. The van der Waals surface area contributed by atoms with Crippen molar-refractivity contribution < 1.29 is 0 Å². The van der Waals surface area contributed by atoms with E-state index in [4.69, 9.17) is 0 Å². The Morgan fingerprint density at radius 2 is 0.820 bits per heavy atom. The summed E-state index contributed by atoms with van der Waals surface area (Å²) in [4.78, 5) is 0. The zero-order valence-corrected chi connectivity index (χ0v) is 27.4. The molecule has 50 heavy (non-hydrogen) atoms. The van der Waals surface area contributed by atoms with Gasteiger partial charge in [-0.3, -0.25) is 0 Å². The van der Waals surface area contributed by atoms with E-state index in [2.05, 4.69) is 180 Å². The fourth-order valence-electron chi connectivity index (χ4n) is 8.54. The topological polar surface area (TPSA) is 4.41 Å². The first-order valence-corrected chi connectivity index (χ1v) is 17.5. The van der Waals surface area contributed by atoms with Crippen LogP contribution in [0.5, 0.6) is 0 Å². The van der Waals surface area contributed by atoms with Gasteiger partial charge in [-0.2, -0.15) is 0 Å². The number of fused-ring (bicyclic) bond motifs is 9. The summed E-state index contributed by atoms with van der Waals surface area (Å²) in [6.07, 6.45) is 0.983. The van der Waals surface area contributed by atoms with E-state index < -0.39 is 0 Å². The molecule has 2 aromatic heterocycles. The van der Waals surface area contributed by atoms with Gasteiger partial charge in [0.15, 0.2) is 0 Å².